The Morgan fingerprint density at radius 1 is 0.622 bits per heavy atom. The minimum Gasteiger partial charge on any atom is -0.299 e. The molecule has 0 saturated carbocycles. The first kappa shape index (κ1) is 26.1. The van der Waals surface area contributed by atoms with Crippen molar-refractivity contribution in [1.82, 2.24) is 0 Å². The summed E-state index contributed by atoms with van der Waals surface area (Å²) < 4.78 is 57.9. The summed E-state index contributed by atoms with van der Waals surface area (Å²) in [6.45, 7) is 2.45. The molecule has 37 heavy (non-hydrogen) atoms. The van der Waals surface area contributed by atoms with Crippen LogP contribution in [0.5, 0.6) is 0 Å². The van der Waals surface area contributed by atoms with Gasteiger partial charge >= 0.3 is 0 Å². The summed E-state index contributed by atoms with van der Waals surface area (Å²) in [5.41, 5.74) is 0.172. The van der Waals surface area contributed by atoms with E-state index in [2.05, 4.69) is 9.44 Å². The largest absolute Gasteiger partial charge is 0.299 e. The first-order chi connectivity index (χ1) is 17.5. The van der Waals surface area contributed by atoms with Crippen molar-refractivity contribution < 1.29 is 26.4 Å². The van der Waals surface area contributed by atoms with Crippen molar-refractivity contribution in [1.29, 1.82) is 0 Å². The summed E-state index contributed by atoms with van der Waals surface area (Å²) in [5, 5.41) is 0.695. The van der Waals surface area contributed by atoms with Gasteiger partial charge in [-0.15, -0.1) is 0 Å². The molecular formula is C27H24N2O6S2. The van der Waals surface area contributed by atoms with Crippen LogP contribution in [0.3, 0.4) is 0 Å². The molecule has 0 fully saturated rings. The van der Waals surface area contributed by atoms with Crippen molar-refractivity contribution in [2.45, 2.75) is 29.6 Å². The van der Waals surface area contributed by atoms with E-state index in [0.717, 1.165) is 0 Å². The van der Waals surface area contributed by atoms with Crippen LogP contribution in [-0.4, -0.2) is 28.4 Å². The Hall–Kier alpha value is -4.02. The van der Waals surface area contributed by atoms with Crippen molar-refractivity contribution in [2.75, 3.05) is 9.44 Å². The molecule has 8 nitrogen and oxygen atoms in total. The Bertz CT molecular complexity index is 1690. The zero-order chi connectivity index (χ0) is 26.8. The second-order valence-corrected chi connectivity index (χ2v) is 11.8. The van der Waals surface area contributed by atoms with Crippen LogP contribution in [0.4, 0.5) is 11.4 Å². The predicted octanol–water partition coefficient (Wildman–Crippen LogP) is 4.70. The Labute approximate surface area is 215 Å². The summed E-state index contributed by atoms with van der Waals surface area (Å²) in [6, 6.07) is 23.3. The van der Waals surface area contributed by atoms with E-state index in [4.69, 9.17) is 0 Å². The molecule has 4 rings (SSSR count). The van der Waals surface area contributed by atoms with Gasteiger partial charge in [-0.3, -0.25) is 19.0 Å². The fraction of sp³-hybridized carbons (Fsp3) is 0.111. The summed E-state index contributed by atoms with van der Waals surface area (Å²) in [4.78, 5) is 25.2. The molecule has 190 valence electrons. The zero-order valence-corrected chi connectivity index (χ0v) is 21.6. The molecule has 0 saturated heterocycles. The Morgan fingerprint density at radius 3 is 1.54 bits per heavy atom. The second kappa shape index (κ2) is 10.2. The topological polar surface area (TPSA) is 126 Å². The lowest BCUT2D eigenvalue weighted by atomic mass is 9.88. The average Bonchev–Trinajstić information content (AvgIpc) is 2.86. The average molecular weight is 537 g/mol. The highest BCUT2D eigenvalue weighted by atomic mass is 32.2. The molecule has 0 radical (unpaired) electrons. The number of hydrogen-bond acceptors (Lipinski definition) is 6. The van der Waals surface area contributed by atoms with Crippen LogP contribution in [0.2, 0.25) is 0 Å². The Balaban J connectivity index is 1.99. The fourth-order valence-corrected chi connectivity index (χ4v) is 6.36. The monoisotopic (exact) mass is 536 g/mol. The molecule has 0 amide bonds. The molecule has 0 spiro atoms. The molecule has 0 unspecified atom stereocenters. The summed E-state index contributed by atoms with van der Waals surface area (Å²) in [5.74, 6) is -2.35. The van der Waals surface area contributed by atoms with E-state index in [1.807, 2.05) is 0 Å². The SMILES string of the molecule is CC(=O)C(C(C)=O)c1cc(NS(=O)(=O)c2ccccc2)c2ccccc2c1NS(=O)(=O)c1ccccc1. The van der Waals surface area contributed by atoms with E-state index in [9.17, 15) is 26.4 Å². The van der Waals surface area contributed by atoms with Gasteiger partial charge in [0.15, 0.2) is 0 Å². The Kier molecular flexibility index (Phi) is 7.15. The lowest BCUT2D eigenvalue weighted by Crippen LogP contribution is -2.22. The molecular weight excluding hydrogens is 512 g/mol. The van der Waals surface area contributed by atoms with Gasteiger partial charge in [-0.25, -0.2) is 16.8 Å². The van der Waals surface area contributed by atoms with E-state index in [1.54, 1.807) is 60.7 Å². The number of carbonyl (C=O) groups is 2. The first-order valence-corrected chi connectivity index (χ1v) is 14.2. The fourth-order valence-electron chi connectivity index (χ4n) is 4.14. The molecule has 0 aliphatic heterocycles. The quantitative estimate of drug-likeness (QED) is 0.299. The number of Topliss-reactive ketones (excluding diaryl/α,β-unsaturated/α-hetero) is 2. The van der Waals surface area contributed by atoms with Crippen molar-refractivity contribution in [3.8, 4) is 0 Å². The number of sulfonamides is 2. The van der Waals surface area contributed by atoms with Crippen LogP contribution in [0.25, 0.3) is 10.8 Å². The molecule has 10 heteroatoms. The summed E-state index contributed by atoms with van der Waals surface area (Å²) >= 11 is 0. The molecule has 0 aliphatic carbocycles. The number of benzene rings is 4. The third kappa shape index (κ3) is 5.40. The maximum Gasteiger partial charge on any atom is 0.261 e. The van der Waals surface area contributed by atoms with Crippen LogP contribution >= 0.6 is 0 Å². The number of rotatable bonds is 9. The first-order valence-electron chi connectivity index (χ1n) is 11.2. The number of nitrogens with one attached hydrogen (secondary N) is 2. The van der Waals surface area contributed by atoms with Gasteiger partial charge in [0.05, 0.1) is 21.2 Å². The minimum absolute atomic E-state index is 0.0129. The van der Waals surface area contributed by atoms with Gasteiger partial charge in [0.25, 0.3) is 20.0 Å². The number of carbonyl (C=O) groups excluding carboxylic acids is 2. The minimum atomic E-state index is -4.11. The van der Waals surface area contributed by atoms with E-state index in [0.29, 0.717) is 10.8 Å². The second-order valence-electron chi connectivity index (χ2n) is 8.43. The lowest BCUT2D eigenvalue weighted by Gasteiger charge is -2.22. The normalized spacial score (nSPS) is 11.9. The highest BCUT2D eigenvalue weighted by Crippen LogP contribution is 2.40. The van der Waals surface area contributed by atoms with Gasteiger partial charge < -0.3 is 0 Å². The molecule has 4 aromatic carbocycles. The smallest absolute Gasteiger partial charge is 0.261 e. The third-order valence-electron chi connectivity index (χ3n) is 5.79. The molecule has 0 bridgehead atoms. The molecule has 0 aromatic heterocycles. The molecule has 0 atom stereocenters. The molecule has 2 N–H and O–H groups in total. The van der Waals surface area contributed by atoms with Crippen molar-refractivity contribution in [3.05, 3.63) is 96.6 Å². The van der Waals surface area contributed by atoms with Gasteiger partial charge in [0.1, 0.15) is 17.5 Å². The van der Waals surface area contributed by atoms with Crippen LogP contribution < -0.4 is 9.44 Å². The zero-order valence-electron chi connectivity index (χ0n) is 20.0. The summed E-state index contributed by atoms with van der Waals surface area (Å²) in [6.07, 6.45) is 0. The van der Waals surface area contributed by atoms with Crippen molar-refractivity contribution in [2.24, 2.45) is 0 Å². The number of hydrogen-bond donors (Lipinski definition) is 2. The van der Waals surface area contributed by atoms with Gasteiger partial charge in [0.2, 0.25) is 0 Å². The van der Waals surface area contributed by atoms with Crippen LogP contribution in [0.1, 0.15) is 25.3 Å². The van der Waals surface area contributed by atoms with E-state index >= 15 is 0 Å². The van der Waals surface area contributed by atoms with Crippen molar-refractivity contribution in [3.63, 3.8) is 0 Å². The van der Waals surface area contributed by atoms with Crippen LogP contribution in [-0.2, 0) is 29.6 Å². The molecule has 4 aromatic rings. The van der Waals surface area contributed by atoms with Gasteiger partial charge in [-0.2, -0.15) is 0 Å². The number of anilines is 2. The molecule has 0 heterocycles. The van der Waals surface area contributed by atoms with Gasteiger partial charge in [0, 0.05) is 10.8 Å². The maximum absolute atomic E-state index is 13.3. The van der Waals surface area contributed by atoms with Crippen LogP contribution in [0, 0.1) is 0 Å². The summed E-state index contributed by atoms with van der Waals surface area (Å²) in [7, 11) is -8.15. The highest BCUT2D eigenvalue weighted by Gasteiger charge is 2.30. The predicted molar refractivity (Wildman–Crippen MR) is 143 cm³/mol. The highest BCUT2D eigenvalue weighted by molar-refractivity contribution is 7.93. The van der Waals surface area contributed by atoms with E-state index in [1.165, 1.54) is 44.2 Å². The van der Waals surface area contributed by atoms with E-state index < -0.39 is 37.5 Å². The van der Waals surface area contributed by atoms with E-state index in [-0.39, 0.29) is 26.7 Å². The van der Waals surface area contributed by atoms with Gasteiger partial charge in [-0.05, 0) is 49.7 Å². The third-order valence-corrected chi connectivity index (χ3v) is 8.53. The maximum atomic E-state index is 13.3. The van der Waals surface area contributed by atoms with Gasteiger partial charge in [-0.1, -0.05) is 60.7 Å². The Morgan fingerprint density at radius 2 is 1.05 bits per heavy atom. The number of fused-ring (bicyclic) bond motifs is 1. The number of ketones is 2. The molecule has 0 aliphatic rings. The van der Waals surface area contributed by atoms with Crippen LogP contribution in [0.15, 0.2) is 101 Å². The van der Waals surface area contributed by atoms with Crippen molar-refractivity contribution >= 4 is 53.8 Å². The lowest BCUT2D eigenvalue weighted by molar-refractivity contribution is -0.126. The standard InChI is InChI=1S/C27H24N2O6S2/c1-18(30)26(19(2)31)24-17-25(28-36(32,33)20-11-5-3-6-12-20)22-15-9-10-16-23(22)27(24)29-37(34,35)21-13-7-4-8-14-21/h3-17,26,28-29H,1-2H3.